The van der Waals surface area contributed by atoms with Gasteiger partial charge in [0.2, 0.25) is 0 Å². The van der Waals surface area contributed by atoms with Crippen LogP contribution in [-0.4, -0.2) is 26.7 Å². The van der Waals surface area contributed by atoms with E-state index in [-0.39, 0.29) is 5.41 Å². The summed E-state index contributed by atoms with van der Waals surface area (Å²) in [6.07, 6.45) is 0. The van der Waals surface area contributed by atoms with Gasteiger partial charge >= 0.3 is 0 Å². The number of nitrogens with one attached hydrogen (secondary N) is 1. The zero-order valence-corrected chi connectivity index (χ0v) is 15.6. The van der Waals surface area contributed by atoms with Gasteiger partial charge < -0.3 is 20.5 Å². The normalized spacial score (nSPS) is 12.0. The van der Waals surface area contributed by atoms with E-state index in [1.807, 2.05) is 18.2 Å². The van der Waals surface area contributed by atoms with E-state index in [4.69, 9.17) is 15.2 Å². The third-order valence-electron chi connectivity index (χ3n) is 4.13. The number of aryl methyl sites for hydroxylation is 1. The molecule has 2 aromatic carbocycles. The highest BCUT2D eigenvalue weighted by atomic mass is 16.5. The number of guanidine groups is 1. The molecule has 0 amide bonds. The maximum absolute atomic E-state index is 6.04. The van der Waals surface area contributed by atoms with Gasteiger partial charge in [0.15, 0.2) is 17.5 Å². The van der Waals surface area contributed by atoms with Gasteiger partial charge in [0.1, 0.15) is 0 Å². The smallest absolute Gasteiger partial charge is 0.193 e. The number of benzene rings is 2. The van der Waals surface area contributed by atoms with E-state index < -0.39 is 0 Å². The molecule has 0 aliphatic heterocycles. The van der Waals surface area contributed by atoms with Gasteiger partial charge in [0.05, 0.1) is 20.8 Å². The number of nitrogens with two attached hydrogens (primary N) is 1. The van der Waals surface area contributed by atoms with E-state index in [2.05, 4.69) is 55.3 Å². The van der Waals surface area contributed by atoms with Crippen molar-refractivity contribution in [3.8, 4) is 11.5 Å². The number of methoxy groups -OCH3 is 2. The van der Waals surface area contributed by atoms with Crippen molar-refractivity contribution in [2.75, 3.05) is 26.1 Å². The molecular formula is C20H27N3O2. The fourth-order valence-electron chi connectivity index (χ4n) is 2.48. The predicted molar refractivity (Wildman–Crippen MR) is 104 cm³/mol. The van der Waals surface area contributed by atoms with E-state index in [1.165, 1.54) is 11.1 Å². The van der Waals surface area contributed by atoms with Crippen LogP contribution < -0.4 is 20.5 Å². The number of rotatable bonds is 6. The molecule has 0 radical (unpaired) electrons. The van der Waals surface area contributed by atoms with Crippen molar-refractivity contribution in [1.82, 2.24) is 0 Å². The minimum atomic E-state index is -0.0996. The lowest BCUT2D eigenvalue weighted by Crippen LogP contribution is -2.27. The summed E-state index contributed by atoms with van der Waals surface area (Å²) in [6.45, 7) is 6.98. The molecule has 5 heteroatoms. The molecule has 5 nitrogen and oxygen atoms in total. The molecule has 0 aromatic heterocycles. The van der Waals surface area contributed by atoms with Crippen molar-refractivity contribution in [1.29, 1.82) is 0 Å². The molecule has 0 spiro atoms. The third kappa shape index (κ3) is 4.89. The van der Waals surface area contributed by atoms with Crippen molar-refractivity contribution in [3.05, 3.63) is 53.6 Å². The van der Waals surface area contributed by atoms with Gasteiger partial charge in [-0.1, -0.05) is 43.7 Å². The van der Waals surface area contributed by atoms with E-state index in [0.29, 0.717) is 24.0 Å². The van der Waals surface area contributed by atoms with Crippen molar-refractivity contribution in [2.45, 2.75) is 26.2 Å². The van der Waals surface area contributed by atoms with Gasteiger partial charge in [0, 0.05) is 17.2 Å². The maximum atomic E-state index is 6.04. The molecule has 0 bridgehead atoms. The fraction of sp³-hybridized carbons (Fsp3) is 0.350. The maximum Gasteiger partial charge on any atom is 0.193 e. The van der Waals surface area contributed by atoms with Crippen molar-refractivity contribution >= 4 is 11.6 Å². The second-order valence-electron chi connectivity index (χ2n) is 6.65. The molecular weight excluding hydrogens is 314 g/mol. The third-order valence-corrected chi connectivity index (χ3v) is 4.13. The molecule has 0 aliphatic carbocycles. The lowest BCUT2D eigenvalue weighted by molar-refractivity contribution is 0.355. The minimum Gasteiger partial charge on any atom is -0.493 e. The fourth-order valence-corrected chi connectivity index (χ4v) is 2.48. The summed E-state index contributed by atoms with van der Waals surface area (Å²) in [5.74, 6) is 1.68. The number of ether oxygens (including phenoxy) is 2. The molecule has 2 aromatic rings. The van der Waals surface area contributed by atoms with E-state index >= 15 is 0 Å². The summed E-state index contributed by atoms with van der Waals surface area (Å²) < 4.78 is 10.5. The Balaban J connectivity index is 2.07. The molecule has 0 atom stereocenters. The molecule has 134 valence electrons. The Labute approximate surface area is 149 Å². The highest BCUT2D eigenvalue weighted by molar-refractivity contribution is 5.92. The molecule has 0 fully saturated rings. The number of nitrogens with zero attached hydrogens (tertiary/aromatic N) is 1. The average molecular weight is 341 g/mol. The van der Waals surface area contributed by atoms with E-state index in [1.54, 1.807) is 14.2 Å². The molecule has 3 N–H and O–H groups in total. The number of aliphatic imine (C=N–C) groups is 1. The first-order valence-corrected chi connectivity index (χ1v) is 8.22. The minimum absolute atomic E-state index is 0.0996. The van der Waals surface area contributed by atoms with Gasteiger partial charge in [-0.15, -0.1) is 0 Å². The monoisotopic (exact) mass is 341 g/mol. The van der Waals surface area contributed by atoms with Gasteiger partial charge in [0.25, 0.3) is 0 Å². The van der Waals surface area contributed by atoms with Crippen molar-refractivity contribution in [2.24, 2.45) is 10.7 Å². The van der Waals surface area contributed by atoms with Crippen LogP contribution in [0.4, 0.5) is 5.69 Å². The van der Waals surface area contributed by atoms with Crippen LogP contribution >= 0.6 is 0 Å². The van der Waals surface area contributed by atoms with E-state index in [0.717, 1.165) is 5.69 Å². The zero-order valence-electron chi connectivity index (χ0n) is 15.6. The first-order valence-electron chi connectivity index (χ1n) is 8.22. The molecule has 0 saturated carbocycles. The SMILES string of the molecule is COc1ccc(NC(N)=NCC(C)(C)c2ccc(C)cc2)cc1OC. The Bertz CT molecular complexity index is 737. The Kier molecular flexibility index (Phi) is 5.91. The summed E-state index contributed by atoms with van der Waals surface area (Å²) >= 11 is 0. The van der Waals surface area contributed by atoms with E-state index in [9.17, 15) is 0 Å². The first-order chi connectivity index (χ1) is 11.9. The molecule has 25 heavy (non-hydrogen) atoms. The highest BCUT2D eigenvalue weighted by Crippen LogP contribution is 2.29. The van der Waals surface area contributed by atoms with Crippen LogP contribution in [0, 0.1) is 6.92 Å². The van der Waals surface area contributed by atoms with Crippen LogP contribution in [0.2, 0.25) is 0 Å². The topological polar surface area (TPSA) is 68.9 Å². The molecule has 0 aliphatic rings. The predicted octanol–water partition coefficient (Wildman–Crippen LogP) is 3.72. The quantitative estimate of drug-likeness (QED) is 0.621. The van der Waals surface area contributed by atoms with Crippen LogP contribution in [-0.2, 0) is 5.41 Å². The van der Waals surface area contributed by atoms with Gasteiger partial charge in [-0.3, -0.25) is 4.99 Å². The second kappa shape index (κ2) is 7.92. The summed E-state index contributed by atoms with van der Waals surface area (Å²) in [5.41, 5.74) is 9.23. The standard InChI is InChI=1S/C20H27N3O2/c1-14-6-8-15(9-7-14)20(2,3)13-22-19(21)23-16-10-11-17(24-4)18(12-16)25-5/h6-12H,13H2,1-5H3,(H3,21,22,23). The summed E-state index contributed by atoms with van der Waals surface area (Å²) in [7, 11) is 3.21. The van der Waals surface area contributed by atoms with Crippen LogP contribution in [0.3, 0.4) is 0 Å². The van der Waals surface area contributed by atoms with Crippen LogP contribution in [0.1, 0.15) is 25.0 Å². The lowest BCUT2D eigenvalue weighted by atomic mass is 9.84. The Hall–Kier alpha value is -2.69. The van der Waals surface area contributed by atoms with Crippen molar-refractivity contribution < 1.29 is 9.47 Å². The highest BCUT2D eigenvalue weighted by Gasteiger charge is 2.20. The Morgan fingerprint density at radius 3 is 2.28 bits per heavy atom. The Morgan fingerprint density at radius 1 is 1.04 bits per heavy atom. The lowest BCUT2D eigenvalue weighted by Gasteiger charge is -2.23. The van der Waals surface area contributed by atoms with Crippen molar-refractivity contribution in [3.63, 3.8) is 0 Å². The number of anilines is 1. The molecule has 0 heterocycles. The van der Waals surface area contributed by atoms with Gasteiger partial charge in [-0.2, -0.15) is 0 Å². The summed E-state index contributed by atoms with van der Waals surface area (Å²) in [4.78, 5) is 4.50. The average Bonchev–Trinajstić information content (AvgIpc) is 2.60. The second-order valence-corrected chi connectivity index (χ2v) is 6.65. The molecule has 2 rings (SSSR count). The Morgan fingerprint density at radius 2 is 1.68 bits per heavy atom. The zero-order chi connectivity index (χ0) is 18.4. The van der Waals surface area contributed by atoms with Crippen LogP contribution in [0.25, 0.3) is 0 Å². The summed E-state index contributed by atoms with van der Waals surface area (Å²) in [5, 5.41) is 3.09. The number of hydrogen-bond acceptors (Lipinski definition) is 3. The largest absolute Gasteiger partial charge is 0.493 e. The van der Waals surface area contributed by atoms with Gasteiger partial charge in [-0.25, -0.2) is 0 Å². The summed E-state index contributed by atoms with van der Waals surface area (Å²) in [6, 6.07) is 14.0. The molecule has 0 saturated heterocycles. The van der Waals surface area contributed by atoms with Crippen LogP contribution in [0.15, 0.2) is 47.5 Å². The van der Waals surface area contributed by atoms with Crippen LogP contribution in [0.5, 0.6) is 11.5 Å². The van der Waals surface area contributed by atoms with Gasteiger partial charge in [-0.05, 0) is 24.6 Å². The first kappa shape index (κ1) is 18.6. The molecule has 0 unspecified atom stereocenters. The number of hydrogen-bond donors (Lipinski definition) is 2.